The van der Waals surface area contributed by atoms with Gasteiger partial charge in [0.05, 0.1) is 11.0 Å². The molecular formula is C23H31N3O3S. The number of carboxylic acids is 1. The van der Waals surface area contributed by atoms with Gasteiger partial charge in [0.25, 0.3) is 0 Å². The van der Waals surface area contributed by atoms with Crippen molar-refractivity contribution in [1.29, 1.82) is 0 Å². The number of fused-ring (bicyclic) bond motifs is 1. The number of hydrogen-bond donors (Lipinski definition) is 1. The number of carbonyl (C=O) groups excluding carboxylic acids is 1. The maximum atomic E-state index is 12.7. The lowest BCUT2D eigenvalue weighted by Gasteiger charge is -2.33. The minimum Gasteiger partial charge on any atom is -0.480 e. The number of carbonyl (C=O) groups is 2. The Kier molecular flexibility index (Phi) is 6.97. The number of piperidine rings is 1. The molecule has 0 spiro atoms. The summed E-state index contributed by atoms with van der Waals surface area (Å²) in [6.45, 7) is 1.61. The van der Waals surface area contributed by atoms with Gasteiger partial charge in [-0.05, 0) is 43.2 Å². The molecule has 1 aromatic carbocycles. The van der Waals surface area contributed by atoms with Gasteiger partial charge >= 0.3 is 5.97 Å². The molecule has 1 aromatic heterocycles. The molecule has 1 N–H and O–H groups in total. The molecule has 2 fully saturated rings. The Bertz CT molecular complexity index is 891. The molecule has 7 heteroatoms. The number of benzene rings is 1. The van der Waals surface area contributed by atoms with E-state index in [0.29, 0.717) is 18.2 Å². The zero-order chi connectivity index (χ0) is 20.9. The average molecular weight is 430 g/mol. The second-order valence-corrected chi connectivity index (χ2v) is 9.70. The van der Waals surface area contributed by atoms with E-state index in [0.717, 1.165) is 60.2 Å². The largest absolute Gasteiger partial charge is 0.480 e. The minimum atomic E-state index is -0.864. The van der Waals surface area contributed by atoms with Crippen molar-refractivity contribution in [3.05, 3.63) is 24.3 Å². The Hall–Kier alpha value is -2.02. The highest BCUT2D eigenvalue weighted by Gasteiger charge is 2.25. The van der Waals surface area contributed by atoms with Gasteiger partial charge in [-0.2, -0.15) is 0 Å². The number of rotatable bonds is 8. The lowest BCUT2D eigenvalue weighted by molar-refractivity contribution is -0.137. The van der Waals surface area contributed by atoms with Gasteiger partial charge in [-0.3, -0.25) is 9.59 Å². The molecule has 4 rings (SSSR count). The van der Waals surface area contributed by atoms with Crippen molar-refractivity contribution in [3.63, 3.8) is 0 Å². The van der Waals surface area contributed by atoms with Crippen molar-refractivity contribution in [2.75, 3.05) is 18.8 Å². The first-order valence-electron chi connectivity index (χ1n) is 11.2. The third-order valence-corrected chi connectivity index (χ3v) is 7.68. The van der Waals surface area contributed by atoms with Crippen molar-refractivity contribution in [1.82, 2.24) is 14.5 Å². The van der Waals surface area contributed by atoms with Crippen LogP contribution in [-0.2, 0) is 16.1 Å². The highest BCUT2D eigenvalue weighted by molar-refractivity contribution is 7.99. The van der Waals surface area contributed by atoms with E-state index in [-0.39, 0.29) is 6.54 Å². The fourth-order valence-electron chi connectivity index (χ4n) is 4.86. The zero-order valence-electron chi connectivity index (χ0n) is 17.5. The Balaban J connectivity index is 1.34. The molecule has 2 aliphatic rings. The molecule has 1 aliphatic heterocycles. The highest BCUT2D eigenvalue weighted by atomic mass is 32.2. The topological polar surface area (TPSA) is 75.4 Å². The molecule has 1 saturated heterocycles. The number of aromatic nitrogens is 2. The summed E-state index contributed by atoms with van der Waals surface area (Å²) in [5.41, 5.74) is 1.68. The number of carboxylic acid groups (broad SMARTS) is 1. The van der Waals surface area contributed by atoms with Crippen LogP contribution < -0.4 is 0 Å². The second kappa shape index (κ2) is 9.86. The fourth-order valence-corrected chi connectivity index (χ4v) is 5.99. The molecule has 1 atom stereocenters. The molecule has 2 aromatic rings. The Labute approximate surface area is 182 Å². The number of aliphatic carboxylic acids is 1. The van der Waals surface area contributed by atoms with Crippen LogP contribution in [0.1, 0.15) is 51.4 Å². The van der Waals surface area contributed by atoms with Gasteiger partial charge in [0.1, 0.15) is 6.54 Å². The summed E-state index contributed by atoms with van der Waals surface area (Å²) < 4.78 is 1.79. The van der Waals surface area contributed by atoms with E-state index in [1.807, 2.05) is 24.3 Å². The molecular weight excluding hydrogens is 398 g/mol. The number of hydrogen-bond acceptors (Lipinski definition) is 4. The first-order chi connectivity index (χ1) is 14.6. The summed E-state index contributed by atoms with van der Waals surface area (Å²) in [6.07, 6.45) is 9.15. The summed E-state index contributed by atoms with van der Waals surface area (Å²) in [7, 11) is 0. The maximum Gasteiger partial charge on any atom is 0.323 e. The number of imidazole rings is 1. The van der Waals surface area contributed by atoms with Crippen LogP contribution in [0.3, 0.4) is 0 Å². The predicted molar refractivity (Wildman–Crippen MR) is 119 cm³/mol. The van der Waals surface area contributed by atoms with Crippen molar-refractivity contribution in [2.45, 2.75) is 63.1 Å². The molecule has 162 valence electrons. The zero-order valence-corrected chi connectivity index (χ0v) is 18.3. The van der Waals surface area contributed by atoms with Crippen molar-refractivity contribution in [2.24, 2.45) is 11.8 Å². The molecule has 6 nitrogen and oxygen atoms in total. The Morgan fingerprint density at radius 1 is 1.10 bits per heavy atom. The first kappa shape index (κ1) is 21.2. The third-order valence-electron chi connectivity index (χ3n) is 6.47. The summed E-state index contributed by atoms with van der Waals surface area (Å²) in [5.74, 6) is 1.49. The molecule has 1 unspecified atom stereocenters. The summed E-state index contributed by atoms with van der Waals surface area (Å²) in [6, 6.07) is 7.67. The summed E-state index contributed by atoms with van der Waals surface area (Å²) in [5, 5.41) is 10.1. The Morgan fingerprint density at radius 3 is 2.67 bits per heavy atom. The molecule has 0 bridgehead atoms. The third kappa shape index (κ3) is 5.17. The van der Waals surface area contributed by atoms with E-state index in [1.165, 1.54) is 25.7 Å². The van der Waals surface area contributed by atoms with E-state index in [2.05, 4.69) is 9.88 Å². The highest BCUT2D eigenvalue weighted by Crippen LogP contribution is 2.31. The molecule has 1 saturated carbocycles. The van der Waals surface area contributed by atoms with Gasteiger partial charge in [-0.25, -0.2) is 4.98 Å². The van der Waals surface area contributed by atoms with Gasteiger partial charge in [0.15, 0.2) is 5.16 Å². The van der Waals surface area contributed by atoms with Gasteiger partial charge in [-0.1, -0.05) is 49.6 Å². The van der Waals surface area contributed by atoms with Crippen LogP contribution in [0.15, 0.2) is 29.4 Å². The number of likely N-dealkylation sites (tertiary alicyclic amines) is 1. The minimum absolute atomic E-state index is 0.0840. The predicted octanol–water partition coefficient (Wildman–Crippen LogP) is 4.42. The van der Waals surface area contributed by atoms with Crippen molar-refractivity contribution < 1.29 is 14.7 Å². The normalized spacial score (nSPS) is 20.1. The maximum absolute atomic E-state index is 12.7. The molecule has 2 heterocycles. The molecule has 30 heavy (non-hydrogen) atoms. The lowest BCUT2D eigenvalue weighted by Crippen LogP contribution is -2.40. The van der Waals surface area contributed by atoms with Crippen molar-refractivity contribution in [3.8, 4) is 0 Å². The smallest absolute Gasteiger partial charge is 0.323 e. The fraction of sp³-hybridized carbons (Fsp3) is 0.609. The van der Waals surface area contributed by atoms with Crippen LogP contribution in [0.2, 0.25) is 0 Å². The van der Waals surface area contributed by atoms with Gasteiger partial charge in [0, 0.05) is 25.3 Å². The van der Waals surface area contributed by atoms with E-state index in [1.54, 1.807) is 16.3 Å². The van der Waals surface area contributed by atoms with Crippen LogP contribution in [0.4, 0.5) is 0 Å². The molecule has 1 amide bonds. The number of amides is 1. The Morgan fingerprint density at radius 2 is 1.87 bits per heavy atom. The number of thioether (sulfide) groups is 1. The lowest BCUT2D eigenvalue weighted by atomic mass is 9.98. The average Bonchev–Trinajstić information content (AvgIpc) is 3.39. The second-order valence-electron chi connectivity index (χ2n) is 8.71. The van der Waals surface area contributed by atoms with Crippen molar-refractivity contribution >= 4 is 34.7 Å². The quantitative estimate of drug-likeness (QED) is 0.629. The summed E-state index contributed by atoms with van der Waals surface area (Å²) >= 11 is 1.62. The molecule has 1 aliphatic carbocycles. The van der Waals surface area contributed by atoms with Crippen LogP contribution in [0, 0.1) is 11.8 Å². The SMILES string of the molecule is O=C(O)Cn1c(SCC2CCCN(C(=O)CCC3CCCC3)C2)nc2ccccc21. The van der Waals surface area contributed by atoms with Gasteiger partial charge < -0.3 is 14.6 Å². The monoisotopic (exact) mass is 429 g/mol. The number of nitrogens with zero attached hydrogens (tertiary/aromatic N) is 3. The van der Waals surface area contributed by atoms with Gasteiger partial charge in [-0.15, -0.1) is 0 Å². The number of para-hydroxylation sites is 2. The van der Waals surface area contributed by atoms with E-state index in [4.69, 9.17) is 0 Å². The van der Waals surface area contributed by atoms with Crippen LogP contribution in [0.25, 0.3) is 11.0 Å². The van der Waals surface area contributed by atoms with E-state index < -0.39 is 5.97 Å². The van der Waals surface area contributed by atoms with E-state index in [9.17, 15) is 14.7 Å². The molecule has 0 radical (unpaired) electrons. The van der Waals surface area contributed by atoms with Crippen LogP contribution >= 0.6 is 11.8 Å². The van der Waals surface area contributed by atoms with Gasteiger partial charge in [0.2, 0.25) is 5.91 Å². The summed E-state index contributed by atoms with van der Waals surface area (Å²) in [4.78, 5) is 30.8. The standard InChI is InChI=1S/C23H31N3O3S/c27-21(12-11-17-6-1-2-7-17)25-13-5-8-18(14-25)16-30-23-24-19-9-3-4-10-20(19)26(23)15-22(28)29/h3-4,9-10,17-18H,1-2,5-8,11-16H2,(H,28,29). The van der Waals surface area contributed by atoms with Crippen LogP contribution in [0.5, 0.6) is 0 Å². The van der Waals surface area contributed by atoms with Crippen LogP contribution in [-0.4, -0.2) is 50.3 Å². The van der Waals surface area contributed by atoms with E-state index >= 15 is 0 Å². The first-order valence-corrected chi connectivity index (χ1v) is 12.2.